The molecule has 3 rings (SSSR count). The Labute approximate surface area is 173 Å². The lowest BCUT2D eigenvalue weighted by Crippen LogP contribution is -2.80. The molecule has 0 radical (unpaired) electrons. The Hall–Kier alpha value is -2.77. The van der Waals surface area contributed by atoms with Crippen LogP contribution < -0.4 is 16.8 Å². The molecular formula is C16H18N4O7S2. The Morgan fingerprint density at radius 2 is 2.14 bits per heavy atom. The summed E-state index contributed by atoms with van der Waals surface area (Å²) < 4.78 is 10.0. The molecule has 0 spiro atoms. The molecule has 0 aromatic carbocycles. The number of β-lactam (4-membered cyclic amide) rings is 1. The zero-order valence-corrected chi connectivity index (χ0v) is 16.8. The Morgan fingerprint density at radius 1 is 1.41 bits per heavy atom. The van der Waals surface area contributed by atoms with Crippen LogP contribution in [-0.2, 0) is 30.3 Å². The highest BCUT2D eigenvalue weighted by Crippen LogP contribution is 2.46. The number of nitrogens with one attached hydrogen (secondary N) is 1. The number of ether oxygens (including phenoxy) is 2. The average Bonchev–Trinajstić information content (AvgIpc) is 3.07. The molecule has 2 aliphatic rings. The summed E-state index contributed by atoms with van der Waals surface area (Å²) in [5.74, 6) is -2.42. The zero-order chi connectivity index (χ0) is 21.3. The summed E-state index contributed by atoms with van der Waals surface area (Å²) in [6.07, 6.45) is -1.06. The first-order valence-electron chi connectivity index (χ1n) is 8.22. The topological polar surface area (TPSA) is 174 Å². The number of hydrogen-bond donors (Lipinski definition) is 4. The fourth-order valence-corrected chi connectivity index (χ4v) is 5.31. The highest BCUT2D eigenvalue weighted by molar-refractivity contribution is 8.00. The number of anilines is 1. The van der Waals surface area contributed by atoms with Crippen LogP contribution in [0.4, 0.5) is 9.80 Å². The van der Waals surface area contributed by atoms with Crippen molar-refractivity contribution in [2.75, 3.05) is 25.2 Å². The number of hydrogen-bond acceptors (Lipinski definition) is 9. The Bertz CT molecular complexity index is 915. The van der Waals surface area contributed by atoms with Gasteiger partial charge < -0.3 is 31.4 Å². The number of methoxy groups -OCH3 is 1. The van der Waals surface area contributed by atoms with Crippen molar-refractivity contribution in [3.63, 3.8) is 0 Å². The number of carbonyl (C=O) groups is 4. The molecular weight excluding hydrogens is 424 g/mol. The molecule has 3 heterocycles. The molecule has 29 heavy (non-hydrogen) atoms. The quantitative estimate of drug-likeness (QED) is 0.326. The van der Waals surface area contributed by atoms with Crippen molar-refractivity contribution in [3.8, 4) is 0 Å². The minimum atomic E-state index is -1.69. The van der Waals surface area contributed by atoms with Gasteiger partial charge in [0.2, 0.25) is 5.91 Å². The highest BCUT2D eigenvalue weighted by atomic mass is 32.2. The van der Waals surface area contributed by atoms with E-state index in [1.807, 2.05) is 0 Å². The third kappa shape index (κ3) is 3.75. The molecule has 0 saturated carbocycles. The van der Waals surface area contributed by atoms with Gasteiger partial charge in [0.1, 0.15) is 17.7 Å². The maximum atomic E-state index is 12.9. The van der Waals surface area contributed by atoms with E-state index in [0.717, 1.165) is 4.90 Å². The minimum absolute atomic E-state index is 0.00300. The average molecular weight is 442 g/mol. The number of nitrogens with two attached hydrogens (primary N) is 2. The van der Waals surface area contributed by atoms with Crippen LogP contribution in [0.25, 0.3) is 0 Å². The monoisotopic (exact) mass is 442 g/mol. The maximum Gasteiger partial charge on any atom is 0.404 e. The molecule has 1 fully saturated rings. The lowest BCUT2D eigenvalue weighted by molar-refractivity contribution is -0.192. The molecule has 2 atom stereocenters. The van der Waals surface area contributed by atoms with Crippen molar-refractivity contribution in [1.29, 1.82) is 0 Å². The Kier molecular flexibility index (Phi) is 5.73. The number of thiophene rings is 1. The van der Waals surface area contributed by atoms with E-state index in [4.69, 9.17) is 16.2 Å². The maximum absolute atomic E-state index is 12.9. The van der Waals surface area contributed by atoms with Gasteiger partial charge in [0.05, 0.1) is 11.4 Å². The standard InChI is InChI=1S/C16H18N4O7S2/c1-26-16(19-10(21)4-8-2-3-9(17)29-8)13(24)20-11(12(22)23)7(5-27-15(18)25)6-28-14(16)20/h2-3,14H,4-6,17H2,1H3,(H2,18,25)(H,19,21)(H,22,23)/t14-,16+/m1/s1. The number of carboxylic acid groups (broad SMARTS) is 1. The Morgan fingerprint density at radius 3 is 2.69 bits per heavy atom. The van der Waals surface area contributed by atoms with E-state index in [9.17, 15) is 24.3 Å². The number of rotatable bonds is 7. The van der Waals surface area contributed by atoms with Crippen molar-refractivity contribution < 1.29 is 33.8 Å². The largest absolute Gasteiger partial charge is 0.477 e. The molecule has 13 heteroatoms. The van der Waals surface area contributed by atoms with Gasteiger partial charge in [-0.15, -0.1) is 23.1 Å². The van der Waals surface area contributed by atoms with Crippen molar-refractivity contribution in [3.05, 3.63) is 28.3 Å². The molecule has 2 aliphatic heterocycles. The van der Waals surface area contributed by atoms with Gasteiger partial charge in [0, 0.05) is 23.3 Å². The SMILES string of the molecule is CO[C@@]1(NC(=O)Cc2ccc(N)s2)C(=O)N2C(C(=O)O)=C(COC(N)=O)CS[C@@H]21. The van der Waals surface area contributed by atoms with E-state index < -0.39 is 35.0 Å². The number of nitrogens with zero attached hydrogens (tertiary/aromatic N) is 1. The number of carboxylic acids is 1. The first kappa shape index (κ1) is 21.0. The van der Waals surface area contributed by atoms with Crippen LogP contribution in [0.3, 0.4) is 0 Å². The van der Waals surface area contributed by atoms with E-state index in [1.165, 1.54) is 30.2 Å². The van der Waals surface area contributed by atoms with Gasteiger partial charge in [-0.1, -0.05) is 0 Å². The van der Waals surface area contributed by atoms with Crippen LogP contribution in [0.1, 0.15) is 4.88 Å². The van der Waals surface area contributed by atoms with Gasteiger partial charge in [-0.25, -0.2) is 9.59 Å². The van der Waals surface area contributed by atoms with E-state index in [2.05, 4.69) is 10.1 Å². The minimum Gasteiger partial charge on any atom is -0.477 e. The van der Waals surface area contributed by atoms with Crippen LogP contribution in [0.15, 0.2) is 23.4 Å². The molecule has 11 nitrogen and oxygen atoms in total. The predicted octanol–water partition coefficient (Wildman–Crippen LogP) is -0.319. The molecule has 3 amide bonds. The fraction of sp³-hybridized carbons (Fsp3) is 0.375. The van der Waals surface area contributed by atoms with Crippen LogP contribution in [0, 0.1) is 0 Å². The van der Waals surface area contributed by atoms with Crippen LogP contribution in [-0.4, -0.2) is 64.5 Å². The molecule has 156 valence electrons. The van der Waals surface area contributed by atoms with Crippen LogP contribution in [0.2, 0.25) is 0 Å². The summed E-state index contributed by atoms with van der Waals surface area (Å²) in [6, 6.07) is 3.38. The van der Waals surface area contributed by atoms with Crippen LogP contribution in [0.5, 0.6) is 0 Å². The zero-order valence-electron chi connectivity index (χ0n) is 15.2. The third-order valence-corrected chi connectivity index (χ3v) is 6.65. The second-order valence-corrected chi connectivity index (χ2v) is 8.44. The van der Waals surface area contributed by atoms with Gasteiger partial charge in [-0.3, -0.25) is 14.5 Å². The fourth-order valence-electron chi connectivity index (χ4n) is 3.11. The summed E-state index contributed by atoms with van der Waals surface area (Å²) in [5.41, 5.74) is 8.79. The predicted molar refractivity (Wildman–Crippen MR) is 104 cm³/mol. The van der Waals surface area contributed by atoms with Crippen molar-refractivity contribution >= 4 is 52.0 Å². The second-order valence-electron chi connectivity index (χ2n) is 6.17. The molecule has 1 aromatic heterocycles. The molecule has 6 N–H and O–H groups in total. The number of amides is 3. The second kappa shape index (κ2) is 7.93. The highest BCUT2D eigenvalue weighted by Gasteiger charge is 2.66. The molecule has 0 bridgehead atoms. The van der Waals surface area contributed by atoms with E-state index in [0.29, 0.717) is 9.88 Å². The van der Waals surface area contributed by atoms with Crippen molar-refractivity contribution in [2.24, 2.45) is 5.73 Å². The smallest absolute Gasteiger partial charge is 0.404 e. The lowest BCUT2D eigenvalue weighted by atomic mass is 9.98. The first-order chi connectivity index (χ1) is 13.7. The van der Waals surface area contributed by atoms with E-state index >= 15 is 0 Å². The van der Waals surface area contributed by atoms with Gasteiger partial charge in [-0.2, -0.15) is 0 Å². The number of nitrogen functional groups attached to an aromatic ring is 1. The summed E-state index contributed by atoms with van der Waals surface area (Å²) in [4.78, 5) is 49.6. The van der Waals surface area contributed by atoms with Gasteiger partial charge in [0.15, 0.2) is 0 Å². The summed E-state index contributed by atoms with van der Waals surface area (Å²) in [7, 11) is 1.26. The molecule has 0 aliphatic carbocycles. The lowest BCUT2D eigenvalue weighted by Gasteiger charge is -2.55. The summed E-state index contributed by atoms with van der Waals surface area (Å²) in [5, 5.41) is 11.9. The first-order valence-corrected chi connectivity index (χ1v) is 10.1. The number of aliphatic carboxylic acids is 1. The number of thioether (sulfide) groups is 1. The molecule has 0 unspecified atom stereocenters. The summed E-state index contributed by atoms with van der Waals surface area (Å²) >= 11 is 2.43. The van der Waals surface area contributed by atoms with Crippen LogP contribution >= 0.6 is 23.1 Å². The third-order valence-electron chi connectivity index (χ3n) is 4.37. The number of carbonyl (C=O) groups excluding carboxylic acids is 3. The van der Waals surface area contributed by atoms with E-state index in [-0.39, 0.29) is 30.1 Å². The summed E-state index contributed by atoms with van der Waals surface area (Å²) in [6.45, 7) is -0.355. The molecule has 1 aromatic rings. The molecule has 1 saturated heterocycles. The van der Waals surface area contributed by atoms with Crippen molar-refractivity contribution in [1.82, 2.24) is 10.2 Å². The Balaban J connectivity index is 1.80. The van der Waals surface area contributed by atoms with Crippen molar-refractivity contribution in [2.45, 2.75) is 17.5 Å². The van der Waals surface area contributed by atoms with E-state index in [1.54, 1.807) is 12.1 Å². The number of primary amides is 1. The number of fused-ring (bicyclic) bond motifs is 1. The van der Waals surface area contributed by atoms with Gasteiger partial charge in [-0.05, 0) is 12.1 Å². The van der Waals surface area contributed by atoms with Gasteiger partial charge in [0.25, 0.3) is 11.6 Å². The normalized spacial score (nSPS) is 23.3. The van der Waals surface area contributed by atoms with Gasteiger partial charge >= 0.3 is 12.1 Å².